The molecular formula is C30H41F5N8O2. The molecule has 10 nitrogen and oxygen atoms in total. The summed E-state index contributed by atoms with van der Waals surface area (Å²) >= 11 is 0. The Balaban J connectivity index is 0.000000352. The standard InChI is InChI=1S/C21H23F4N7O2.C7H12FN.C2H6/c1-9-6-10(2)34-19-13-16(31-20(33-3)32-18(13)28-5-4-27-9)14(22)15(30-19)12-7-11(26)8-29-17(12)21(23,24)25;8-6-4-7-2-1-3-9(7)5-6;1-2/h7-10,27H,4-6,26H2,1-3H3,(H,28,31,32);6-7H,1-5H2;1-2H3. The van der Waals surface area contributed by atoms with Gasteiger partial charge >= 0.3 is 12.2 Å². The second kappa shape index (κ2) is 14.7. The van der Waals surface area contributed by atoms with E-state index >= 15 is 4.39 Å². The fraction of sp³-hybridized carbons (Fsp3) is 0.600. The monoisotopic (exact) mass is 640 g/mol. The van der Waals surface area contributed by atoms with Crippen molar-refractivity contribution in [3.05, 3.63) is 23.8 Å². The van der Waals surface area contributed by atoms with Crippen molar-refractivity contribution in [3.63, 3.8) is 0 Å². The molecule has 3 aliphatic heterocycles. The van der Waals surface area contributed by atoms with Gasteiger partial charge in [-0.05, 0) is 52.1 Å². The van der Waals surface area contributed by atoms with Gasteiger partial charge in [-0.15, -0.1) is 0 Å². The van der Waals surface area contributed by atoms with Crippen LogP contribution in [0.25, 0.3) is 22.2 Å². The van der Waals surface area contributed by atoms with Crippen molar-refractivity contribution in [3.8, 4) is 23.1 Å². The highest BCUT2D eigenvalue weighted by Crippen LogP contribution is 2.41. The number of ether oxygens (including phenoxy) is 2. The molecule has 0 bridgehead atoms. The second-order valence-electron chi connectivity index (χ2n) is 11.1. The molecule has 0 spiro atoms. The van der Waals surface area contributed by atoms with Crippen LogP contribution in [0.3, 0.4) is 0 Å². The van der Waals surface area contributed by atoms with Crippen LogP contribution in [-0.2, 0) is 6.18 Å². The zero-order chi connectivity index (χ0) is 32.9. The second-order valence-corrected chi connectivity index (χ2v) is 11.1. The number of nitrogens with two attached hydrogens (primary N) is 1. The lowest BCUT2D eigenvalue weighted by molar-refractivity contribution is -0.140. The molecule has 4 unspecified atom stereocenters. The average Bonchev–Trinajstić information content (AvgIpc) is 3.57. The van der Waals surface area contributed by atoms with Crippen LogP contribution in [0, 0.1) is 5.82 Å². The van der Waals surface area contributed by atoms with Crippen LogP contribution in [0.5, 0.6) is 11.9 Å². The first-order valence-electron chi connectivity index (χ1n) is 15.2. The SMILES string of the molecule is CC.COc1nc2c3c(nc(-c4cc(N)cnc4C(F)(F)F)c(F)c3n1)OC(C)CC(C)NCCN2.FC1CC2CCCN2C1. The van der Waals surface area contributed by atoms with Gasteiger partial charge in [0.05, 0.1) is 25.1 Å². The predicted molar refractivity (Wildman–Crippen MR) is 163 cm³/mol. The Morgan fingerprint density at radius 2 is 1.87 bits per heavy atom. The molecule has 0 radical (unpaired) electrons. The lowest BCUT2D eigenvalue weighted by Gasteiger charge is -2.20. The molecule has 0 aliphatic carbocycles. The zero-order valence-corrected chi connectivity index (χ0v) is 26.1. The molecule has 2 saturated heterocycles. The Kier molecular flexibility index (Phi) is 11.2. The quantitative estimate of drug-likeness (QED) is 0.305. The number of fused-ring (bicyclic) bond motifs is 1. The number of pyridine rings is 2. The van der Waals surface area contributed by atoms with Gasteiger partial charge < -0.3 is 25.8 Å². The number of aromatic nitrogens is 4. The molecule has 0 aromatic carbocycles. The van der Waals surface area contributed by atoms with E-state index in [2.05, 4.69) is 35.5 Å². The van der Waals surface area contributed by atoms with Crippen molar-refractivity contribution >= 4 is 22.4 Å². The number of methoxy groups -OCH3 is 1. The number of hydrogen-bond acceptors (Lipinski definition) is 10. The summed E-state index contributed by atoms with van der Waals surface area (Å²) < 4.78 is 80.6. The summed E-state index contributed by atoms with van der Waals surface area (Å²) in [5.74, 6) is -1.05. The number of anilines is 2. The van der Waals surface area contributed by atoms with E-state index < -0.39 is 41.2 Å². The number of halogens is 5. The minimum atomic E-state index is -4.88. The van der Waals surface area contributed by atoms with Crippen LogP contribution in [0.1, 0.15) is 59.1 Å². The number of hydrogen-bond donors (Lipinski definition) is 3. The van der Waals surface area contributed by atoms with Crippen molar-refractivity contribution < 1.29 is 31.4 Å². The van der Waals surface area contributed by atoms with Crippen molar-refractivity contribution in [1.29, 1.82) is 0 Å². The first-order valence-corrected chi connectivity index (χ1v) is 15.2. The van der Waals surface area contributed by atoms with E-state index in [4.69, 9.17) is 15.2 Å². The normalized spacial score (nSPS) is 23.3. The highest BCUT2D eigenvalue weighted by molar-refractivity contribution is 5.96. The van der Waals surface area contributed by atoms with Gasteiger partial charge in [0.15, 0.2) is 11.5 Å². The zero-order valence-electron chi connectivity index (χ0n) is 26.1. The van der Waals surface area contributed by atoms with Crippen LogP contribution in [-0.4, -0.2) is 82.5 Å². The summed E-state index contributed by atoms with van der Waals surface area (Å²) in [5, 5.41) is 6.48. The fourth-order valence-corrected chi connectivity index (χ4v) is 5.84. The Hall–Kier alpha value is -3.59. The van der Waals surface area contributed by atoms with E-state index in [0.717, 1.165) is 25.2 Å². The first kappa shape index (κ1) is 34.3. The topological polar surface area (TPSA) is 123 Å². The third-order valence-electron chi connectivity index (χ3n) is 7.71. The molecule has 6 rings (SSSR count). The highest BCUT2D eigenvalue weighted by atomic mass is 19.4. The van der Waals surface area contributed by atoms with Gasteiger partial charge in [0.25, 0.3) is 0 Å². The van der Waals surface area contributed by atoms with Crippen molar-refractivity contribution in [2.24, 2.45) is 0 Å². The molecule has 4 atom stereocenters. The van der Waals surface area contributed by atoms with Crippen LogP contribution in [0.4, 0.5) is 33.5 Å². The summed E-state index contributed by atoms with van der Waals surface area (Å²) in [7, 11) is 1.30. The van der Waals surface area contributed by atoms with Crippen LogP contribution in [0.15, 0.2) is 12.3 Å². The Morgan fingerprint density at radius 1 is 1.11 bits per heavy atom. The van der Waals surface area contributed by atoms with Crippen molar-refractivity contribution in [2.75, 3.05) is 44.3 Å². The van der Waals surface area contributed by atoms with Gasteiger partial charge in [-0.25, -0.2) is 18.7 Å². The third-order valence-corrected chi connectivity index (χ3v) is 7.71. The first-order chi connectivity index (χ1) is 21.4. The van der Waals surface area contributed by atoms with Gasteiger partial charge in [-0.3, -0.25) is 4.90 Å². The largest absolute Gasteiger partial charge is 0.474 e. The highest BCUT2D eigenvalue weighted by Gasteiger charge is 2.38. The number of alkyl halides is 4. The van der Waals surface area contributed by atoms with E-state index in [-0.39, 0.29) is 40.3 Å². The maximum absolute atomic E-state index is 15.8. The third kappa shape index (κ3) is 7.98. The maximum Gasteiger partial charge on any atom is 0.434 e. The van der Waals surface area contributed by atoms with E-state index in [1.807, 2.05) is 20.8 Å². The Bertz CT molecular complexity index is 1450. The molecule has 2 fully saturated rings. The molecule has 3 aromatic rings. The smallest absolute Gasteiger partial charge is 0.434 e. The van der Waals surface area contributed by atoms with Gasteiger partial charge in [0.1, 0.15) is 28.6 Å². The summed E-state index contributed by atoms with van der Waals surface area (Å²) in [6.07, 6.45) is -1.06. The molecule has 0 amide bonds. The van der Waals surface area contributed by atoms with Crippen molar-refractivity contribution in [2.45, 2.75) is 83.9 Å². The number of rotatable bonds is 2. The van der Waals surface area contributed by atoms with Gasteiger partial charge in [-0.2, -0.15) is 23.1 Å². The summed E-state index contributed by atoms with van der Waals surface area (Å²) in [6, 6.07) is 1.48. The van der Waals surface area contributed by atoms with Gasteiger partial charge in [0, 0.05) is 37.3 Å². The van der Waals surface area contributed by atoms with Crippen LogP contribution >= 0.6 is 0 Å². The molecule has 3 aliphatic rings. The maximum atomic E-state index is 15.8. The lowest BCUT2D eigenvalue weighted by Crippen LogP contribution is -2.34. The fourth-order valence-electron chi connectivity index (χ4n) is 5.84. The van der Waals surface area contributed by atoms with Gasteiger partial charge in [0.2, 0.25) is 5.88 Å². The average molecular weight is 641 g/mol. The number of nitrogens with one attached hydrogen (secondary N) is 2. The molecule has 6 heterocycles. The molecule has 248 valence electrons. The van der Waals surface area contributed by atoms with E-state index in [1.165, 1.54) is 20.0 Å². The summed E-state index contributed by atoms with van der Waals surface area (Å²) in [6.45, 7) is 10.6. The van der Waals surface area contributed by atoms with Crippen LogP contribution < -0.4 is 25.8 Å². The van der Waals surface area contributed by atoms with Crippen molar-refractivity contribution in [1.82, 2.24) is 30.2 Å². The molecule has 15 heteroatoms. The molecule has 4 N–H and O–H groups in total. The molecule has 0 saturated carbocycles. The van der Waals surface area contributed by atoms with Crippen LogP contribution in [0.2, 0.25) is 0 Å². The lowest BCUT2D eigenvalue weighted by atomic mass is 10.1. The van der Waals surface area contributed by atoms with Gasteiger partial charge in [-0.1, -0.05) is 13.8 Å². The summed E-state index contributed by atoms with van der Waals surface area (Å²) in [4.78, 5) is 18.2. The molecule has 45 heavy (non-hydrogen) atoms. The summed E-state index contributed by atoms with van der Waals surface area (Å²) in [5.41, 5.74) is 2.68. The Labute approximate surface area is 259 Å². The Morgan fingerprint density at radius 3 is 2.56 bits per heavy atom. The minimum Gasteiger partial charge on any atom is -0.474 e. The predicted octanol–water partition coefficient (Wildman–Crippen LogP) is 5.62. The van der Waals surface area contributed by atoms with E-state index in [1.54, 1.807) is 6.92 Å². The molecule has 3 aromatic heterocycles. The molecular weight excluding hydrogens is 599 g/mol. The minimum absolute atomic E-state index is 0.0731. The van der Waals surface area contributed by atoms with E-state index in [9.17, 15) is 17.6 Å². The van der Waals surface area contributed by atoms with E-state index in [0.29, 0.717) is 32.1 Å². The number of nitrogen functional groups attached to an aromatic ring is 1. The number of nitrogens with zero attached hydrogens (tertiary/aromatic N) is 5.